The number of hydrogen-bond acceptors (Lipinski definition) is 7. The van der Waals surface area contributed by atoms with Crippen LogP contribution in [0.25, 0.3) is 11.0 Å². The van der Waals surface area contributed by atoms with E-state index in [1.807, 2.05) is 12.1 Å². The van der Waals surface area contributed by atoms with E-state index in [1.54, 1.807) is 13.1 Å². The smallest absolute Gasteiger partial charge is 0.250 e. The molecule has 0 bridgehead atoms. The van der Waals surface area contributed by atoms with E-state index in [0.717, 1.165) is 36.3 Å². The summed E-state index contributed by atoms with van der Waals surface area (Å²) < 4.78 is 16.0. The average molecular weight is 483 g/mol. The number of amides is 1. The van der Waals surface area contributed by atoms with Gasteiger partial charge in [-0.3, -0.25) is 14.6 Å². The highest BCUT2D eigenvalue weighted by Gasteiger charge is 2.22. The summed E-state index contributed by atoms with van der Waals surface area (Å²) in [6, 6.07) is 7.79. The van der Waals surface area contributed by atoms with Gasteiger partial charge in [0.15, 0.2) is 0 Å². The number of carbonyl (C=O) groups is 1. The second-order valence-corrected chi connectivity index (χ2v) is 9.86. The quantitative estimate of drug-likeness (QED) is 0.497. The van der Waals surface area contributed by atoms with Crippen molar-refractivity contribution in [3.05, 3.63) is 57.9 Å². The minimum Gasteiger partial charge on any atom is -0.310 e. The molecule has 0 aromatic carbocycles. The van der Waals surface area contributed by atoms with Crippen LogP contribution in [0.3, 0.4) is 0 Å². The average Bonchev–Trinajstić information content (AvgIpc) is 2.85. The fourth-order valence-corrected chi connectivity index (χ4v) is 5.43. The lowest BCUT2D eigenvalue weighted by atomic mass is 9.91. The zero-order valence-electron chi connectivity index (χ0n) is 18.9. The highest BCUT2D eigenvalue weighted by atomic mass is 32.2. The highest BCUT2D eigenvalue weighted by molar-refractivity contribution is 8.00. The molecule has 178 valence electrons. The molecule has 0 unspecified atom stereocenters. The van der Waals surface area contributed by atoms with Gasteiger partial charge in [0, 0.05) is 43.9 Å². The van der Waals surface area contributed by atoms with Crippen molar-refractivity contribution in [1.82, 2.24) is 25.2 Å². The van der Waals surface area contributed by atoms with Crippen molar-refractivity contribution in [2.45, 2.75) is 55.8 Å². The predicted molar refractivity (Wildman–Crippen MR) is 130 cm³/mol. The summed E-state index contributed by atoms with van der Waals surface area (Å²) in [5.41, 5.74) is 2.37. The molecule has 8 nitrogen and oxygen atoms in total. The van der Waals surface area contributed by atoms with Gasteiger partial charge in [-0.1, -0.05) is 0 Å². The first-order valence-electron chi connectivity index (χ1n) is 11.5. The molecule has 1 aliphatic heterocycles. The number of carbonyl (C=O) groups excluding carboxylic acids is 1. The van der Waals surface area contributed by atoms with E-state index >= 15 is 0 Å². The fraction of sp³-hybridized carbons (Fsp3) is 0.417. The minimum atomic E-state index is -0.399. The monoisotopic (exact) mass is 482 g/mol. The Balaban J connectivity index is 1.15. The summed E-state index contributed by atoms with van der Waals surface area (Å²) in [4.78, 5) is 33.4. The number of rotatable bonds is 6. The summed E-state index contributed by atoms with van der Waals surface area (Å²) in [5.74, 6) is 0.680. The Kier molecular flexibility index (Phi) is 6.62. The molecule has 5 rings (SSSR count). The summed E-state index contributed by atoms with van der Waals surface area (Å²) >= 11 is 1.51. The number of nitrogens with zero attached hydrogens (tertiary/aromatic N) is 3. The number of pyridine rings is 3. The molecule has 3 N–H and O–H groups in total. The number of anilines is 1. The number of nitrogens with one attached hydrogen (secondary N) is 3. The Labute approximate surface area is 200 Å². The second kappa shape index (κ2) is 9.81. The van der Waals surface area contributed by atoms with Gasteiger partial charge in [-0.2, -0.15) is 0 Å². The van der Waals surface area contributed by atoms with Crippen LogP contribution in [0.4, 0.5) is 10.2 Å². The molecule has 1 saturated carbocycles. The van der Waals surface area contributed by atoms with Crippen molar-refractivity contribution in [1.29, 1.82) is 0 Å². The van der Waals surface area contributed by atoms with E-state index in [2.05, 4.69) is 25.9 Å². The van der Waals surface area contributed by atoms with E-state index in [0.29, 0.717) is 47.3 Å². The van der Waals surface area contributed by atoms with Crippen molar-refractivity contribution in [2.24, 2.45) is 7.05 Å². The van der Waals surface area contributed by atoms with Crippen molar-refractivity contribution < 1.29 is 9.18 Å². The molecule has 2 aliphatic rings. The normalized spacial score (nSPS) is 20.2. The number of aromatic nitrogens is 3. The lowest BCUT2D eigenvalue weighted by molar-refractivity contribution is -0.113. The number of thioether (sulfide) groups is 1. The predicted octanol–water partition coefficient (Wildman–Crippen LogP) is 2.70. The Morgan fingerprint density at radius 3 is 2.59 bits per heavy atom. The van der Waals surface area contributed by atoms with Crippen molar-refractivity contribution >= 4 is 34.5 Å². The van der Waals surface area contributed by atoms with Gasteiger partial charge in [0.2, 0.25) is 5.91 Å². The molecule has 1 aliphatic carbocycles. The standard InChI is InChI=1S/C24H27FN6O2S/c1-31-22(33)9-7-19-23(31)17(18(25)12-28-19)11-27-15-4-2-14(3-5-15)26-10-16-6-8-20-24(29-16)30-21(32)13-34-20/h6-9,12,14-15,26-27H,2-5,10-11,13H2,1H3,(H,29,30,32). The van der Waals surface area contributed by atoms with E-state index in [-0.39, 0.29) is 17.5 Å². The third-order valence-electron chi connectivity index (χ3n) is 6.58. The largest absolute Gasteiger partial charge is 0.310 e. The second-order valence-electron chi connectivity index (χ2n) is 8.85. The molecule has 34 heavy (non-hydrogen) atoms. The van der Waals surface area contributed by atoms with Gasteiger partial charge in [-0.05, 0) is 43.9 Å². The zero-order valence-corrected chi connectivity index (χ0v) is 19.8. The molecule has 3 aromatic heterocycles. The van der Waals surface area contributed by atoms with Gasteiger partial charge >= 0.3 is 0 Å². The van der Waals surface area contributed by atoms with Gasteiger partial charge in [0.1, 0.15) is 11.6 Å². The first-order valence-corrected chi connectivity index (χ1v) is 12.5. The Morgan fingerprint density at radius 1 is 1.09 bits per heavy atom. The van der Waals surface area contributed by atoms with Crippen LogP contribution < -0.4 is 21.5 Å². The van der Waals surface area contributed by atoms with Crippen LogP contribution >= 0.6 is 11.8 Å². The van der Waals surface area contributed by atoms with Crippen molar-refractivity contribution in [3.8, 4) is 0 Å². The zero-order chi connectivity index (χ0) is 23.7. The number of hydrogen-bond donors (Lipinski definition) is 3. The minimum absolute atomic E-state index is 0.0113. The SMILES string of the molecule is Cn1c(=O)ccc2ncc(F)c(CNC3CCC(NCc4ccc5c(n4)NC(=O)CS5)CC3)c21. The number of halogens is 1. The topological polar surface area (TPSA) is 101 Å². The molecule has 0 radical (unpaired) electrons. The van der Waals surface area contributed by atoms with Crippen LogP contribution in [0.2, 0.25) is 0 Å². The Bertz CT molecular complexity index is 1290. The van der Waals surface area contributed by atoms with Gasteiger partial charge in [-0.15, -0.1) is 11.8 Å². The molecule has 3 aromatic rings. The number of fused-ring (bicyclic) bond motifs is 2. The lowest BCUT2D eigenvalue weighted by Crippen LogP contribution is -2.39. The van der Waals surface area contributed by atoms with Gasteiger partial charge in [0.05, 0.1) is 33.6 Å². The third kappa shape index (κ3) is 4.84. The first-order chi connectivity index (χ1) is 16.5. The molecule has 10 heteroatoms. The number of aryl methyl sites for hydroxylation is 1. The summed E-state index contributed by atoms with van der Waals surface area (Å²) in [6.45, 7) is 1.01. The Morgan fingerprint density at radius 2 is 1.82 bits per heavy atom. The van der Waals surface area contributed by atoms with Gasteiger partial charge < -0.3 is 20.5 Å². The van der Waals surface area contributed by atoms with Crippen LogP contribution in [-0.2, 0) is 24.9 Å². The lowest BCUT2D eigenvalue weighted by Gasteiger charge is -2.30. The Hall–Kier alpha value is -2.82. The van der Waals surface area contributed by atoms with Gasteiger partial charge in [0.25, 0.3) is 5.56 Å². The molecule has 0 saturated heterocycles. The maximum absolute atomic E-state index is 14.6. The van der Waals surface area contributed by atoms with Crippen LogP contribution in [-0.4, -0.2) is 38.3 Å². The van der Waals surface area contributed by atoms with Crippen LogP contribution in [0, 0.1) is 5.82 Å². The van der Waals surface area contributed by atoms with Crippen molar-refractivity contribution in [3.63, 3.8) is 0 Å². The van der Waals surface area contributed by atoms with Crippen molar-refractivity contribution in [2.75, 3.05) is 11.1 Å². The molecule has 0 spiro atoms. The van der Waals surface area contributed by atoms with E-state index in [1.165, 1.54) is 28.6 Å². The summed E-state index contributed by atoms with van der Waals surface area (Å²) in [7, 11) is 1.65. The molecular formula is C24H27FN6O2S. The van der Waals surface area contributed by atoms with E-state index in [4.69, 9.17) is 0 Å². The van der Waals surface area contributed by atoms with Crippen LogP contribution in [0.5, 0.6) is 0 Å². The summed E-state index contributed by atoms with van der Waals surface area (Å²) in [6.07, 6.45) is 5.20. The first kappa shape index (κ1) is 22.9. The third-order valence-corrected chi connectivity index (χ3v) is 7.63. The molecule has 1 fully saturated rings. The molecular weight excluding hydrogens is 455 g/mol. The van der Waals surface area contributed by atoms with Gasteiger partial charge in [-0.25, -0.2) is 9.37 Å². The maximum Gasteiger partial charge on any atom is 0.250 e. The molecule has 1 amide bonds. The maximum atomic E-state index is 14.6. The van der Waals surface area contributed by atoms with Crippen LogP contribution in [0.15, 0.2) is 40.2 Å². The molecule has 4 heterocycles. The van der Waals surface area contributed by atoms with E-state index < -0.39 is 5.82 Å². The van der Waals surface area contributed by atoms with E-state index in [9.17, 15) is 14.0 Å². The molecule has 0 atom stereocenters. The van der Waals surface area contributed by atoms with Crippen LogP contribution in [0.1, 0.15) is 36.9 Å². The fourth-order valence-electron chi connectivity index (χ4n) is 4.67. The summed E-state index contributed by atoms with van der Waals surface area (Å²) in [5, 5.41) is 9.90. The highest BCUT2D eigenvalue weighted by Crippen LogP contribution is 2.30.